The van der Waals surface area contributed by atoms with Gasteiger partial charge >= 0.3 is 0 Å². The minimum atomic E-state index is -0.126. The van der Waals surface area contributed by atoms with E-state index in [1.807, 2.05) is 13.8 Å². The molecule has 0 saturated heterocycles. The van der Waals surface area contributed by atoms with Crippen molar-refractivity contribution in [1.82, 2.24) is 0 Å². The van der Waals surface area contributed by atoms with Gasteiger partial charge in [0.05, 0.1) is 16.7 Å². The topological polar surface area (TPSA) is 20.2 Å². The average Bonchev–Trinajstić information content (AvgIpc) is 2.16. The molecule has 0 atom stereocenters. The SMILES string of the molecule is CCc1c(Cl)c(CO)c(Cl)c(C)c1Br. The van der Waals surface area contributed by atoms with Gasteiger partial charge in [-0.15, -0.1) is 0 Å². The molecule has 1 N–H and O–H groups in total. The number of aliphatic hydroxyl groups excluding tert-OH is 1. The van der Waals surface area contributed by atoms with Crippen molar-refractivity contribution in [3.05, 3.63) is 31.2 Å². The van der Waals surface area contributed by atoms with E-state index < -0.39 is 0 Å². The van der Waals surface area contributed by atoms with Crippen LogP contribution in [0.5, 0.6) is 0 Å². The van der Waals surface area contributed by atoms with Gasteiger partial charge in [0.25, 0.3) is 0 Å². The Kier molecular flexibility index (Phi) is 4.26. The van der Waals surface area contributed by atoms with E-state index in [1.54, 1.807) is 0 Å². The van der Waals surface area contributed by atoms with Gasteiger partial charge in [-0.2, -0.15) is 0 Å². The average molecular weight is 298 g/mol. The molecule has 0 bridgehead atoms. The van der Waals surface area contributed by atoms with E-state index in [2.05, 4.69) is 15.9 Å². The number of rotatable bonds is 2. The Morgan fingerprint density at radius 3 is 2.21 bits per heavy atom. The standard InChI is InChI=1S/C10H11BrCl2O/c1-3-6-8(11)5(2)9(12)7(4-14)10(6)13/h14H,3-4H2,1-2H3. The van der Waals surface area contributed by atoms with Crippen molar-refractivity contribution in [2.75, 3.05) is 0 Å². The van der Waals surface area contributed by atoms with Gasteiger partial charge in [-0.25, -0.2) is 0 Å². The molecule has 14 heavy (non-hydrogen) atoms. The molecule has 0 unspecified atom stereocenters. The summed E-state index contributed by atoms with van der Waals surface area (Å²) in [5.74, 6) is 0. The fraction of sp³-hybridized carbons (Fsp3) is 0.400. The van der Waals surface area contributed by atoms with Crippen LogP contribution < -0.4 is 0 Å². The monoisotopic (exact) mass is 296 g/mol. The van der Waals surface area contributed by atoms with Crippen LogP contribution in [0.4, 0.5) is 0 Å². The summed E-state index contributed by atoms with van der Waals surface area (Å²) in [4.78, 5) is 0. The molecule has 0 heterocycles. The smallest absolute Gasteiger partial charge is 0.0711 e. The molecule has 0 radical (unpaired) electrons. The molecule has 78 valence electrons. The molecule has 1 rings (SSSR count). The van der Waals surface area contributed by atoms with Crippen LogP contribution in [-0.4, -0.2) is 5.11 Å². The molecular weight excluding hydrogens is 287 g/mol. The van der Waals surface area contributed by atoms with Crippen LogP contribution in [0.25, 0.3) is 0 Å². The van der Waals surface area contributed by atoms with E-state index in [-0.39, 0.29) is 6.61 Å². The lowest BCUT2D eigenvalue weighted by Gasteiger charge is -2.14. The summed E-state index contributed by atoms with van der Waals surface area (Å²) in [7, 11) is 0. The Balaban J connectivity index is 3.56. The maximum absolute atomic E-state index is 9.15. The summed E-state index contributed by atoms with van der Waals surface area (Å²) in [5.41, 5.74) is 2.54. The molecule has 1 aromatic rings. The fourth-order valence-corrected chi connectivity index (χ4v) is 2.96. The zero-order chi connectivity index (χ0) is 10.9. The van der Waals surface area contributed by atoms with Crippen molar-refractivity contribution >= 4 is 39.1 Å². The molecule has 0 aliphatic carbocycles. The van der Waals surface area contributed by atoms with Gasteiger partial charge in [0.2, 0.25) is 0 Å². The van der Waals surface area contributed by atoms with Crippen molar-refractivity contribution in [1.29, 1.82) is 0 Å². The third kappa shape index (κ3) is 1.94. The number of halogens is 3. The van der Waals surface area contributed by atoms with Crippen molar-refractivity contribution in [3.63, 3.8) is 0 Å². The normalized spacial score (nSPS) is 10.7. The molecule has 0 aromatic heterocycles. The second kappa shape index (κ2) is 4.84. The molecule has 0 saturated carbocycles. The summed E-state index contributed by atoms with van der Waals surface area (Å²) in [6.07, 6.45) is 0.810. The molecular formula is C10H11BrCl2O. The summed E-state index contributed by atoms with van der Waals surface area (Å²) in [6, 6.07) is 0. The lowest BCUT2D eigenvalue weighted by Crippen LogP contribution is -1.97. The molecule has 4 heteroatoms. The van der Waals surface area contributed by atoms with E-state index in [4.69, 9.17) is 28.3 Å². The highest BCUT2D eigenvalue weighted by atomic mass is 79.9. The van der Waals surface area contributed by atoms with Crippen LogP contribution in [0.3, 0.4) is 0 Å². The first-order valence-electron chi connectivity index (χ1n) is 4.30. The first-order chi connectivity index (χ1) is 6.54. The number of hydrogen-bond acceptors (Lipinski definition) is 1. The quantitative estimate of drug-likeness (QED) is 0.870. The van der Waals surface area contributed by atoms with Gasteiger partial charge in [0.15, 0.2) is 0 Å². The van der Waals surface area contributed by atoms with E-state index in [0.717, 1.165) is 22.0 Å². The van der Waals surface area contributed by atoms with Crippen LogP contribution in [-0.2, 0) is 13.0 Å². The van der Waals surface area contributed by atoms with E-state index >= 15 is 0 Å². The Morgan fingerprint density at radius 2 is 1.79 bits per heavy atom. The van der Waals surface area contributed by atoms with E-state index in [1.165, 1.54) is 0 Å². The number of benzene rings is 1. The second-order valence-electron chi connectivity index (χ2n) is 3.04. The van der Waals surface area contributed by atoms with Crippen LogP contribution in [0, 0.1) is 6.92 Å². The summed E-state index contributed by atoms with van der Waals surface area (Å²) < 4.78 is 0.937. The highest BCUT2D eigenvalue weighted by Crippen LogP contribution is 2.38. The first kappa shape index (κ1) is 12.3. The zero-order valence-corrected chi connectivity index (χ0v) is 11.1. The Hall–Kier alpha value is 0.240. The third-order valence-corrected chi connectivity index (χ3v) is 4.27. The Labute approximate surface area is 102 Å². The first-order valence-corrected chi connectivity index (χ1v) is 5.85. The van der Waals surface area contributed by atoms with Crippen molar-refractivity contribution in [2.45, 2.75) is 26.9 Å². The van der Waals surface area contributed by atoms with Crippen molar-refractivity contribution in [2.24, 2.45) is 0 Å². The van der Waals surface area contributed by atoms with Crippen LogP contribution in [0.2, 0.25) is 10.0 Å². The minimum Gasteiger partial charge on any atom is -0.392 e. The highest BCUT2D eigenvalue weighted by molar-refractivity contribution is 9.10. The lowest BCUT2D eigenvalue weighted by molar-refractivity contribution is 0.282. The van der Waals surface area contributed by atoms with Gasteiger partial charge in [-0.3, -0.25) is 0 Å². The summed E-state index contributed by atoms with van der Waals surface area (Å²) in [5, 5.41) is 10.3. The lowest BCUT2D eigenvalue weighted by atomic mass is 10.0. The number of hydrogen-bond donors (Lipinski definition) is 1. The predicted octanol–water partition coefficient (Wildman–Crippen LogP) is 4.12. The zero-order valence-electron chi connectivity index (χ0n) is 8.00. The maximum atomic E-state index is 9.15. The van der Waals surface area contributed by atoms with Crippen molar-refractivity contribution in [3.8, 4) is 0 Å². The van der Waals surface area contributed by atoms with E-state index in [9.17, 15) is 0 Å². The fourth-order valence-electron chi connectivity index (χ4n) is 1.37. The molecule has 0 fully saturated rings. The molecule has 1 nitrogen and oxygen atoms in total. The predicted molar refractivity (Wildman–Crippen MR) is 64.2 cm³/mol. The molecule has 0 spiro atoms. The Morgan fingerprint density at radius 1 is 1.21 bits per heavy atom. The molecule has 1 aromatic carbocycles. The highest BCUT2D eigenvalue weighted by Gasteiger charge is 2.16. The number of aliphatic hydroxyl groups is 1. The second-order valence-corrected chi connectivity index (χ2v) is 4.58. The molecule has 0 aliphatic heterocycles. The van der Waals surface area contributed by atoms with Crippen LogP contribution in [0.15, 0.2) is 4.47 Å². The third-order valence-electron chi connectivity index (χ3n) is 2.23. The molecule has 0 aliphatic rings. The maximum Gasteiger partial charge on any atom is 0.0711 e. The van der Waals surface area contributed by atoms with Crippen molar-refractivity contribution < 1.29 is 5.11 Å². The van der Waals surface area contributed by atoms with Crippen LogP contribution in [0.1, 0.15) is 23.6 Å². The molecule has 0 amide bonds. The van der Waals surface area contributed by atoms with Gasteiger partial charge < -0.3 is 5.11 Å². The van der Waals surface area contributed by atoms with Gasteiger partial charge in [0.1, 0.15) is 0 Å². The van der Waals surface area contributed by atoms with Gasteiger partial charge in [-0.05, 0) is 24.5 Å². The van der Waals surface area contributed by atoms with Crippen LogP contribution >= 0.6 is 39.1 Å². The summed E-state index contributed by atoms with van der Waals surface area (Å²) in [6.45, 7) is 3.79. The van der Waals surface area contributed by atoms with Gasteiger partial charge in [-0.1, -0.05) is 46.1 Å². The van der Waals surface area contributed by atoms with Gasteiger partial charge in [0, 0.05) is 10.0 Å². The van der Waals surface area contributed by atoms with E-state index in [0.29, 0.717) is 15.6 Å². The minimum absolute atomic E-state index is 0.126. The Bertz CT molecular complexity index is 333. The largest absolute Gasteiger partial charge is 0.392 e. The summed E-state index contributed by atoms with van der Waals surface area (Å²) >= 11 is 15.6.